The Hall–Kier alpha value is -3.30. The van der Waals surface area contributed by atoms with Crippen molar-refractivity contribution in [2.75, 3.05) is 36.4 Å². The summed E-state index contributed by atoms with van der Waals surface area (Å²) in [5.41, 5.74) is 1.35. The smallest absolute Gasteiger partial charge is 0.353 e. The molecule has 1 aliphatic heterocycles. The highest BCUT2D eigenvalue weighted by atomic mass is 35.5. The number of hydrogen-bond donors (Lipinski definition) is 1. The van der Waals surface area contributed by atoms with E-state index in [4.69, 9.17) is 11.6 Å². The number of nitrogens with zero attached hydrogens (tertiary/aromatic N) is 5. The minimum absolute atomic E-state index is 0.0329. The second kappa shape index (κ2) is 9.88. The lowest BCUT2D eigenvalue weighted by Crippen LogP contribution is -2.46. The third-order valence-corrected chi connectivity index (χ3v) is 5.60. The van der Waals surface area contributed by atoms with Crippen LogP contribution in [0.15, 0.2) is 54.9 Å². The number of nitrogens with one attached hydrogen (secondary N) is 1. The largest absolute Gasteiger partial charge is 0.360 e. The molecule has 0 radical (unpaired) electrons. The highest BCUT2D eigenvalue weighted by Crippen LogP contribution is 2.32. The quantitative estimate of drug-likeness (QED) is 0.422. The predicted octanol–water partition coefficient (Wildman–Crippen LogP) is 4.11. The lowest BCUT2D eigenvalue weighted by molar-refractivity contribution is -0.383. The van der Waals surface area contributed by atoms with Gasteiger partial charge in [0, 0.05) is 49.9 Å². The third kappa shape index (κ3) is 5.12. The summed E-state index contributed by atoms with van der Waals surface area (Å²) < 4.78 is 14.1. The van der Waals surface area contributed by atoms with Crippen LogP contribution in [-0.4, -0.2) is 46.0 Å². The zero-order valence-electron chi connectivity index (χ0n) is 17.2. The number of nitro groups is 1. The molecule has 0 atom stereocenters. The molecule has 3 aromatic rings. The molecule has 166 valence electrons. The van der Waals surface area contributed by atoms with Gasteiger partial charge in [0.2, 0.25) is 11.6 Å². The molecular weight excluding hydrogens is 435 g/mol. The first kappa shape index (κ1) is 21.9. The highest BCUT2D eigenvalue weighted by Gasteiger charge is 2.29. The maximum absolute atomic E-state index is 14.1. The number of aromatic nitrogens is 2. The van der Waals surface area contributed by atoms with Crippen LogP contribution >= 0.6 is 11.6 Å². The van der Waals surface area contributed by atoms with Gasteiger partial charge in [0.1, 0.15) is 12.1 Å². The van der Waals surface area contributed by atoms with E-state index in [1.807, 2.05) is 23.1 Å². The lowest BCUT2D eigenvalue weighted by Gasteiger charge is -2.35. The Morgan fingerprint density at radius 1 is 1.09 bits per heavy atom. The fraction of sp³-hybridized carbons (Fsp3) is 0.273. The average molecular weight is 457 g/mol. The van der Waals surface area contributed by atoms with E-state index in [0.717, 1.165) is 19.6 Å². The first-order valence-corrected chi connectivity index (χ1v) is 10.6. The number of rotatable bonds is 7. The van der Waals surface area contributed by atoms with E-state index in [1.165, 1.54) is 24.0 Å². The normalized spacial score (nSPS) is 14.4. The van der Waals surface area contributed by atoms with E-state index in [0.29, 0.717) is 18.7 Å². The number of benzene rings is 2. The maximum Gasteiger partial charge on any atom is 0.353 e. The molecule has 0 aliphatic carbocycles. The van der Waals surface area contributed by atoms with Crippen molar-refractivity contribution in [3.8, 4) is 0 Å². The maximum atomic E-state index is 14.1. The predicted molar refractivity (Wildman–Crippen MR) is 121 cm³/mol. The van der Waals surface area contributed by atoms with Gasteiger partial charge in [-0.3, -0.25) is 15.0 Å². The summed E-state index contributed by atoms with van der Waals surface area (Å²) in [5.74, 6) is -0.166. The fourth-order valence-corrected chi connectivity index (χ4v) is 3.86. The molecular formula is C22H22ClFN6O2. The monoisotopic (exact) mass is 456 g/mol. The molecule has 1 N–H and O–H groups in total. The molecule has 4 rings (SSSR count). The molecule has 0 saturated carbocycles. The van der Waals surface area contributed by atoms with E-state index in [1.54, 1.807) is 6.07 Å². The van der Waals surface area contributed by atoms with Crippen LogP contribution in [0, 0.1) is 15.9 Å². The van der Waals surface area contributed by atoms with Crippen molar-refractivity contribution in [1.82, 2.24) is 14.9 Å². The molecule has 0 spiro atoms. The van der Waals surface area contributed by atoms with Gasteiger partial charge in [-0.25, -0.2) is 14.4 Å². The van der Waals surface area contributed by atoms with Gasteiger partial charge in [-0.2, -0.15) is 0 Å². The van der Waals surface area contributed by atoms with Crippen molar-refractivity contribution in [2.24, 2.45) is 0 Å². The summed E-state index contributed by atoms with van der Waals surface area (Å²) in [7, 11) is 0. The summed E-state index contributed by atoms with van der Waals surface area (Å²) in [6.07, 6.45) is 1.29. The number of halogens is 2. The minimum atomic E-state index is -0.494. The first-order chi connectivity index (χ1) is 15.5. The van der Waals surface area contributed by atoms with Gasteiger partial charge in [0.15, 0.2) is 0 Å². The van der Waals surface area contributed by atoms with Crippen LogP contribution in [0.3, 0.4) is 0 Å². The van der Waals surface area contributed by atoms with Crippen molar-refractivity contribution in [1.29, 1.82) is 0 Å². The Balaban J connectivity index is 1.46. The molecule has 0 unspecified atom stereocenters. The van der Waals surface area contributed by atoms with E-state index in [-0.39, 0.29) is 28.9 Å². The average Bonchev–Trinajstić information content (AvgIpc) is 2.79. The molecule has 1 aromatic heterocycles. The van der Waals surface area contributed by atoms with Crippen LogP contribution in [0.5, 0.6) is 0 Å². The van der Waals surface area contributed by atoms with Gasteiger partial charge in [-0.15, -0.1) is 0 Å². The number of piperazine rings is 1. The molecule has 8 nitrogen and oxygen atoms in total. The first-order valence-electron chi connectivity index (χ1n) is 10.2. The highest BCUT2D eigenvalue weighted by molar-refractivity contribution is 6.30. The van der Waals surface area contributed by atoms with Gasteiger partial charge >= 0.3 is 5.69 Å². The molecule has 0 bridgehead atoms. The van der Waals surface area contributed by atoms with Crippen LogP contribution in [0.25, 0.3) is 0 Å². The van der Waals surface area contributed by atoms with Gasteiger partial charge < -0.3 is 10.2 Å². The Kier molecular flexibility index (Phi) is 6.77. The summed E-state index contributed by atoms with van der Waals surface area (Å²) in [4.78, 5) is 23.8. The van der Waals surface area contributed by atoms with Crippen molar-refractivity contribution in [3.05, 3.63) is 86.9 Å². The number of anilines is 2. The van der Waals surface area contributed by atoms with E-state index >= 15 is 0 Å². The van der Waals surface area contributed by atoms with Crippen LogP contribution < -0.4 is 10.2 Å². The van der Waals surface area contributed by atoms with E-state index in [9.17, 15) is 14.5 Å². The molecule has 1 saturated heterocycles. The summed E-state index contributed by atoms with van der Waals surface area (Å²) in [5, 5.41) is 15.0. The van der Waals surface area contributed by atoms with Crippen LogP contribution in [-0.2, 0) is 13.1 Å². The molecule has 10 heteroatoms. The Labute approximate surface area is 189 Å². The fourth-order valence-electron chi connectivity index (χ4n) is 3.70. The van der Waals surface area contributed by atoms with Crippen molar-refractivity contribution < 1.29 is 9.31 Å². The van der Waals surface area contributed by atoms with Gasteiger partial charge in [0.05, 0.1) is 4.92 Å². The van der Waals surface area contributed by atoms with Gasteiger partial charge in [-0.05, 0) is 17.7 Å². The van der Waals surface area contributed by atoms with Crippen molar-refractivity contribution in [2.45, 2.75) is 13.1 Å². The zero-order chi connectivity index (χ0) is 22.5. The summed E-state index contributed by atoms with van der Waals surface area (Å²) >= 11 is 5.78. The van der Waals surface area contributed by atoms with Crippen LogP contribution in [0.2, 0.25) is 5.02 Å². The van der Waals surface area contributed by atoms with Crippen molar-refractivity contribution >= 4 is 28.9 Å². The van der Waals surface area contributed by atoms with Crippen LogP contribution in [0.1, 0.15) is 11.1 Å². The van der Waals surface area contributed by atoms with Crippen molar-refractivity contribution in [3.63, 3.8) is 0 Å². The molecule has 2 aromatic carbocycles. The standard InChI is InChI=1S/C22H22ClFN6O2/c23-18-7-6-17(19(24)12-18)13-25-21-20(30(31)32)22(27-15-26-21)29-10-8-28(9-11-29)14-16-4-2-1-3-5-16/h1-7,12,15H,8-11,13-14H2,(H,25,26,27). The second-order valence-corrected chi connectivity index (χ2v) is 7.93. The number of hydrogen-bond acceptors (Lipinski definition) is 7. The van der Waals surface area contributed by atoms with Crippen LogP contribution in [0.4, 0.5) is 21.7 Å². The topological polar surface area (TPSA) is 87.4 Å². The molecule has 1 aliphatic rings. The molecule has 32 heavy (non-hydrogen) atoms. The molecule has 1 fully saturated rings. The Morgan fingerprint density at radius 3 is 2.53 bits per heavy atom. The molecule has 0 amide bonds. The third-order valence-electron chi connectivity index (χ3n) is 5.37. The summed E-state index contributed by atoms with van der Waals surface area (Å²) in [6, 6.07) is 14.5. The van der Waals surface area contributed by atoms with E-state index < -0.39 is 10.7 Å². The van der Waals surface area contributed by atoms with Gasteiger partial charge in [0.25, 0.3) is 0 Å². The minimum Gasteiger partial charge on any atom is -0.360 e. The van der Waals surface area contributed by atoms with E-state index in [2.05, 4.69) is 32.3 Å². The Morgan fingerprint density at radius 2 is 1.84 bits per heavy atom. The zero-order valence-corrected chi connectivity index (χ0v) is 18.0. The SMILES string of the molecule is O=[N+]([O-])c1c(NCc2ccc(Cl)cc2F)ncnc1N1CCN(Cc2ccccc2)CC1. The molecule has 2 heterocycles. The van der Waals surface area contributed by atoms with Gasteiger partial charge in [-0.1, -0.05) is 48.0 Å². The lowest BCUT2D eigenvalue weighted by atomic mass is 10.2. The second-order valence-electron chi connectivity index (χ2n) is 7.49. The Bertz CT molecular complexity index is 1090. The summed E-state index contributed by atoms with van der Waals surface area (Å²) in [6.45, 7) is 3.60.